The molecular formula is C8H16N4O3S. The van der Waals surface area contributed by atoms with E-state index in [0.29, 0.717) is 13.2 Å². The lowest BCUT2D eigenvalue weighted by molar-refractivity contribution is 0.153. The van der Waals surface area contributed by atoms with Gasteiger partial charge in [0.1, 0.15) is 4.90 Å². The van der Waals surface area contributed by atoms with E-state index in [9.17, 15) is 8.42 Å². The van der Waals surface area contributed by atoms with Crippen molar-refractivity contribution in [3.05, 3.63) is 6.20 Å². The lowest BCUT2D eigenvalue weighted by Crippen LogP contribution is -2.27. The number of sulfonamides is 1. The van der Waals surface area contributed by atoms with Crippen LogP contribution < -0.4 is 10.5 Å². The number of aryl methyl sites for hydroxylation is 1. The quantitative estimate of drug-likeness (QED) is 0.650. The van der Waals surface area contributed by atoms with Gasteiger partial charge in [0.25, 0.3) is 0 Å². The van der Waals surface area contributed by atoms with Gasteiger partial charge in [-0.2, -0.15) is 5.10 Å². The summed E-state index contributed by atoms with van der Waals surface area (Å²) < 4.78 is 32.2. The van der Waals surface area contributed by atoms with Crippen molar-refractivity contribution in [2.75, 3.05) is 25.5 Å². The third-order valence-corrected chi connectivity index (χ3v) is 3.33. The van der Waals surface area contributed by atoms with Crippen LogP contribution in [0.5, 0.6) is 0 Å². The van der Waals surface area contributed by atoms with Crippen LogP contribution in [-0.4, -0.2) is 38.0 Å². The first-order valence-corrected chi connectivity index (χ1v) is 6.32. The van der Waals surface area contributed by atoms with Gasteiger partial charge in [-0.25, -0.2) is 13.1 Å². The second kappa shape index (κ2) is 5.28. The molecule has 1 aromatic rings. The van der Waals surface area contributed by atoms with Gasteiger partial charge in [-0.05, 0) is 6.92 Å². The standard InChI is InChI=1S/C8H16N4O3S/c1-3-15-5-4-10-16(13,14)7-6-12(2)11-8(7)9/h6,10H,3-5H2,1-2H3,(H2,9,11). The van der Waals surface area contributed by atoms with Crippen LogP contribution in [0.25, 0.3) is 0 Å². The maximum atomic E-state index is 11.7. The molecule has 0 amide bonds. The Labute approximate surface area is 94.6 Å². The number of nitrogens with two attached hydrogens (primary N) is 1. The van der Waals surface area contributed by atoms with Gasteiger partial charge in [0.05, 0.1) is 6.61 Å². The normalized spacial score (nSPS) is 11.9. The SMILES string of the molecule is CCOCCNS(=O)(=O)c1cn(C)nc1N. The van der Waals surface area contributed by atoms with Gasteiger partial charge in [-0.3, -0.25) is 4.68 Å². The molecule has 0 aliphatic rings. The number of anilines is 1. The molecule has 0 radical (unpaired) electrons. The van der Waals surface area contributed by atoms with Gasteiger partial charge < -0.3 is 10.5 Å². The number of ether oxygens (including phenoxy) is 1. The number of nitrogens with one attached hydrogen (secondary N) is 1. The Balaban J connectivity index is 2.67. The number of hydrogen-bond donors (Lipinski definition) is 2. The summed E-state index contributed by atoms with van der Waals surface area (Å²) >= 11 is 0. The fourth-order valence-corrected chi connectivity index (χ4v) is 2.28. The molecule has 1 aromatic heterocycles. The van der Waals surface area contributed by atoms with Gasteiger partial charge in [0.2, 0.25) is 10.0 Å². The Kier molecular flexibility index (Phi) is 4.27. The average Bonchev–Trinajstić information content (AvgIpc) is 2.53. The van der Waals surface area contributed by atoms with Crippen molar-refractivity contribution >= 4 is 15.8 Å². The van der Waals surface area contributed by atoms with Crippen LogP contribution in [0.15, 0.2) is 11.1 Å². The molecule has 8 heteroatoms. The van der Waals surface area contributed by atoms with Crippen molar-refractivity contribution in [3.63, 3.8) is 0 Å². The van der Waals surface area contributed by atoms with Gasteiger partial charge in [-0.1, -0.05) is 0 Å². The van der Waals surface area contributed by atoms with Crippen LogP contribution >= 0.6 is 0 Å². The molecule has 0 spiro atoms. The number of rotatable bonds is 6. The van der Waals surface area contributed by atoms with E-state index in [1.807, 2.05) is 6.92 Å². The molecule has 0 atom stereocenters. The summed E-state index contributed by atoms with van der Waals surface area (Å²) in [5.41, 5.74) is 5.48. The van der Waals surface area contributed by atoms with Gasteiger partial charge in [0.15, 0.2) is 5.82 Å². The van der Waals surface area contributed by atoms with E-state index in [1.54, 1.807) is 7.05 Å². The summed E-state index contributed by atoms with van der Waals surface area (Å²) in [7, 11) is -1.98. The minimum atomic E-state index is -3.59. The minimum Gasteiger partial charge on any atom is -0.381 e. The number of hydrogen-bond acceptors (Lipinski definition) is 5. The van der Waals surface area contributed by atoms with Crippen molar-refractivity contribution in [3.8, 4) is 0 Å². The number of aromatic nitrogens is 2. The molecule has 0 saturated carbocycles. The second-order valence-electron chi connectivity index (χ2n) is 3.15. The first-order valence-electron chi connectivity index (χ1n) is 4.84. The lowest BCUT2D eigenvalue weighted by atomic mass is 10.7. The predicted molar refractivity (Wildman–Crippen MR) is 59.3 cm³/mol. The van der Waals surface area contributed by atoms with E-state index in [2.05, 4.69) is 9.82 Å². The topological polar surface area (TPSA) is 99.2 Å². The Hall–Kier alpha value is -1.12. The van der Waals surface area contributed by atoms with E-state index in [-0.39, 0.29) is 17.3 Å². The molecule has 0 aromatic carbocycles. The van der Waals surface area contributed by atoms with E-state index in [4.69, 9.17) is 10.5 Å². The molecule has 16 heavy (non-hydrogen) atoms. The summed E-state index contributed by atoms with van der Waals surface area (Å²) in [5, 5.41) is 3.77. The smallest absolute Gasteiger partial charge is 0.245 e. The monoisotopic (exact) mass is 248 g/mol. The highest BCUT2D eigenvalue weighted by Gasteiger charge is 2.19. The molecule has 0 aliphatic carbocycles. The fourth-order valence-electron chi connectivity index (χ4n) is 1.16. The average molecular weight is 248 g/mol. The van der Waals surface area contributed by atoms with Crippen molar-refractivity contribution in [1.29, 1.82) is 0 Å². The van der Waals surface area contributed by atoms with Crippen molar-refractivity contribution in [2.24, 2.45) is 7.05 Å². The van der Waals surface area contributed by atoms with Gasteiger partial charge in [0, 0.05) is 26.4 Å². The molecule has 3 N–H and O–H groups in total. The van der Waals surface area contributed by atoms with E-state index < -0.39 is 10.0 Å². The van der Waals surface area contributed by atoms with Crippen molar-refractivity contribution < 1.29 is 13.2 Å². The summed E-state index contributed by atoms with van der Waals surface area (Å²) in [4.78, 5) is -0.00787. The van der Waals surface area contributed by atoms with Crippen LogP contribution in [0.4, 0.5) is 5.82 Å². The molecule has 0 saturated heterocycles. The molecule has 0 bridgehead atoms. The highest BCUT2D eigenvalue weighted by molar-refractivity contribution is 7.89. The third-order valence-electron chi connectivity index (χ3n) is 1.85. The van der Waals surface area contributed by atoms with Crippen LogP contribution in [0, 0.1) is 0 Å². The zero-order chi connectivity index (χ0) is 12.2. The predicted octanol–water partition coefficient (Wildman–Crippen LogP) is -0.683. The Morgan fingerprint density at radius 1 is 1.62 bits per heavy atom. The summed E-state index contributed by atoms with van der Waals surface area (Å²) in [6.45, 7) is 2.94. The van der Waals surface area contributed by atoms with Gasteiger partial charge in [-0.15, -0.1) is 0 Å². The summed E-state index contributed by atoms with van der Waals surface area (Å²) in [6, 6.07) is 0. The molecular weight excluding hydrogens is 232 g/mol. The summed E-state index contributed by atoms with van der Waals surface area (Å²) in [5.74, 6) is -0.00795. The van der Waals surface area contributed by atoms with Crippen molar-refractivity contribution in [1.82, 2.24) is 14.5 Å². The minimum absolute atomic E-state index is 0.00787. The Morgan fingerprint density at radius 2 is 2.31 bits per heavy atom. The maximum Gasteiger partial charge on any atom is 0.245 e. The van der Waals surface area contributed by atoms with E-state index in [1.165, 1.54) is 10.9 Å². The zero-order valence-corrected chi connectivity index (χ0v) is 10.1. The zero-order valence-electron chi connectivity index (χ0n) is 9.30. The van der Waals surface area contributed by atoms with E-state index in [0.717, 1.165) is 0 Å². The highest BCUT2D eigenvalue weighted by atomic mass is 32.2. The van der Waals surface area contributed by atoms with Crippen LogP contribution in [0.1, 0.15) is 6.92 Å². The Bertz CT molecular complexity index is 440. The highest BCUT2D eigenvalue weighted by Crippen LogP contribution is 2.14. The first kappa shape index (κ1) is 12.9. The fraction of sp³-hybridized carbons (Fsp3) is 0.625. The van der Waals surface area contributed by atoms with E-state index >= 15 is 0 Å². The van der Waals surface area contributed by atoms with Crippen LogP contribution in [0.3, 0.4) is 0 Å². The Morgan fingerprint density at radius 3 is 2.81 bits per heavy atom. The number of nitrogens with zero attached hydrogens (tertiary/aromatic N) is 2. The third kappa shape index (κ3) is 3.19. The summed E-state index contributed by atoms with van der Waals surface area (Å²) in [6.07, 6.45) is 1.36. The molecule has 0 fully saturated rings. The number of nitrogen functional groups attached to an aromatic ring is 1. The second-order valence-corrected chi connectivity index (χ2v) is 4.88. The maximum absolute atomic E-state index is 11.7. The van der Waals surface area contributed by atoms with Crippen LogP contribution in [0.2, 0.25) is 0 Å². The molecule has 1 rings (SSSR count). The van der Waals surface area contributed by atoms with Crippen LogP contribution in [-0.2, 0) is 21.8 Å². The van der Waals surface area contributed by atoms with Gasteiger partial charge >= 0.3 is 0 Å². The first-order chi connectivity index (χ1) is 7.47. The molecule has 0 aliphatic heterocycles. The lowest BCUT2D eigenvalue weighted by Gasteiger charge is -2.04. The molecule has 92 valence electrons. The largest absolute Gasteiger partial charge is 0.381 e. The molecule has 7 nitrogen and oxygen atoms in total. The molecule has 0 unspecified atom stereocenters. The van der Waals surface area contributed by atoms with Crippen molar-refractivity contribution in [2.45, 2.75) is 11.8 Å². The molecule has 1 heterocycles.